The molecule has 5 nitrogen and oxygen atoms in total. The average Bonchev–Trinajstić information content (AvgIpc) is 2.75. The SMILES string of the molecule is CCc1ccc(OCC(=O)N(CCc2ccccc2)C(CC)C(=O)NC)cc1. The molecule has 1 unspecified atom stereocenters. The van der Waals surface area contributed by atoms with Crippen LogP contribution in [-0.2, 0) is 22.4 Å². The number of carbonyl (C=O) groups is 2. The Morgan fingerprint density at radius 2 is 1.68 bits per heavy atom. The van der Waals surface area contributed by atoms with Gasteiger partial charge in [0.25, 0.3) is 5.91 Å². The highest BCUT2D eigenvalue weighted by atomic mass is 16.5. The lowest BCUT2D eigenvalue weighted by Crippen LogP contribution is -2.50. The van der Waals surface area contributed by atoms with E-state index in [1.165, 1.54) is 5.56 Å². The predicted molar refractivity (Wildman–Crippen MR) is 111 cm³/mol. The first kappa shape index (κ1) is 21.5. The molecular formula is C23H30N2O3. The standard InChI is InChI=1S/C23H30N2O3/c1-4-18-11-13-20(14-12-18)28-17-22(26)25(21(5-2)23(27)24-3)16-15-19-9-7-6-8-10-19/h6-14,21H,4-5,15-17H2,1-3H3,(H,24,27). The average molecular weight is 383 g/mol. The molecule has 5 heteroatoms. The second kappa shape index (κ2) is 11.1. The zero-order valence-electron chi connectivity index (χ0n) is 17.0. The number of aryl methyl sites for hydroxylation is 1. The lowest BCUT2D eigenvalue weighted by Gasteiger charge is -2.30. The zero-order chi connectivity index (χ0) is 20.4. The van der Waals surface area contributed by atoms with Gasteiger partial charge in [0.1, 0.15) is 11.8 Å². The van der Waals surface area contributed by atoms with Crippen molar-refractivity contribution in [2.24, 2.45) is 0 Å². The molecule has 28 heavy (non-hydrogen) atoms. The van der Waals surface area contributed by atoms with Gasteiger partial charge < -0.3 is 15.0 Å². The molecule has 1 atom stereocenters. The Morgan fingerprint density at radius 3 is 2.25 bits per heavy atom. The minimum atomic E-state index is -0.507. The first-order valence-corrected chi connectivity index (χ1v) is 9.85. The molecule has 0 fully saturated rings. The molecule has 0 bridgehead atoms. The lowest BCUT2D eigenvalue weighted by molar-refractivity contribution is -0.142. The second-order valence-electron chi connectivity index (χ2n) is 6.65. The van der Waals surface area contributed by atoms with E-state index in [-0.39, 0.29) is 18.4 Å². The fourth-order valence-corrected chi connectivity index (χ4v) is 3.11. The maximum absolute atomic E-state index is 12.9. The molecule has 2 aromatic carbocycles. The summed E-state index contributed by atoms with van der Waals surface area (Å²) in [6.07, 6.45) is 2.19. The van der Waals surface area contributed by atoms with Crippen molar-refractivity contribution < 1.29 is 14.3 Å². The fourth-order valence-electron chi connectivity index (χ4n) is 3.11. The van der Waals surface area contributed by atoms with Gasteiger partial charge in [-0.1, -0.05) is 56.3 Å². The van der Waals surface area contributed by atoms with Gasteiger partial charge in [0, 0.05) is 13.6 Å². The predicted octanol–water partition coefficient (Wildman–Crippen LogP) is 3.22. The van der Waals surface area contributed by atoms with Crippen molar-refractivity contribution in [3.05, 3.63) is 65.7 Å². The Bertz CT molecular complexity index is 744. The van der Waals surface area contributed by atoms with Gasteiger partial charge in [-0.2, -0.15) is 0 Å². The van der Waals surface area contributed by atoms with Crippen LogP contribution >= 0.6 is 0 Å². The van der Waals surface area contributed by atoms with Gasteiger partial charge >= 0.3 is 0 Å². The molecule has 2 rings (SSSR count). The number of carbonyl (C=O) groups excluding carboxylic acids is 2. The van der Waals surface area contributed by atoms with E-state index in [1.54, 1.807) is 11.9 Å². The van der Waals surface area contributed by atoms with Crippen molar-refractivity contribution >= 4 is 11.8 Å². The Balaban J connectivity index is 2.06. The highest BCUT2D eigenvalue weighted by molar-refractivity contribution is 5.88. The highest BCUT2D eigenvalue weighted by Gasteiger charge is 2.27. The largest absolute Gasteiger partial charge is 0.484 e. The number of rotatable bonds is 10. The summed E-state index contributed by atoms with van der Waals surface area (Å²) < 4.78 is 5.69. The summed E-state index contributed by atoms with van der Waals surface area (Å²) in [5.41, 5.74) is 2.34. The first-order valence-electron chi connectivity index (χ1n) is 9.85. The Hall–Kier alpha value is -2.82. The van der Waals surface area contributed by atoms with Crippen molar-refractivity contribution in [2.75, 3.05) is 20.2 Å². The number of amides is 2. The lowest BCUT2D eigenvalue weighted by atomic mass is 10.1. The molecule has 150 valence electrons. The minimum Gasteiger partial charge on any atom is -0.484 e. The van der Waals surface area contributed by atoms with Gasteiger partial charge in [0.05, 0.1) is 0 Å². The third-order valence-electron chi connectivity index (χ3n) is 4.81. The summed E-state index contributed by atoms with van der Waals surface area (Å²) >= 11 is 0. The molecule has 0 aliphatic heterocycles. The van der Waals surface area contributed by atoms with E-state index >= 15 is 0 Å². The molecule has 0 radical (unpaired) electrons. The van der Waals surface area contributed by atoms with E-state index in [2.05, 4.69) is 12.2 Å². The molecule has 0 spiro atoms. The van der Waals surface area contributed by atoms with E-state index in [4.69, 9.17) is 4.74 Å². The minimum absolute atomic E-state index is 0.0895. The van der Waals surface area contributed by atoms with Crippen molar-refractivity contribution in [3.63, 3.8) is 0 Å². The summed E-state index contributed by atoms with van der Waals surface area (Å²) in [6, 6.07) is 17.2. The number of benzene rings is 2. The normalized spacial score (nSPS) is 11.5. The fraction of sp³-hybridized carbons (Fsp3) is 0.391. The summed E-state index contributed by atoms with van der Waals surface area (Å²) in [5, 5.41) is 2.66. The van der Waals surface area contributed by atoms with Crippen LogP contribution < -0.4 is 10.1 Å². The molecule has 0 aromatic heterocycles. The smallest absolute Gasteiger partial charge is 0.261 e. The zero-order valence-corrected chi connectivity index (χ0v) is 17.0. The van der Waals surface area contributed by atoms with Crippen LogP contribution in [0.1, 0.15) is 31.4 Å². The maximum Gasteiger partial charge on any atom is 0.261 e. The molecular weight excluding hydrogens is 352 g/mol. The number of likely N-dealkylation sites (N-methyl/N-ethyl adjacent to an activating group) is 1. The molecule has 2 aromatic rings. The maximum atomic E-state index is 12.9. The summed E-state index contributed by atoms with van der Waals surface area (Å²) in [4.78, 5) is 26.8. The molecule has 2 amide bonds. The van der Waals surface area contributed by atoms with Gasteiger partial charge in [0.15, 0.2) is 6.61 Å². The summed E-state index contributed by atoms with van der Waals surface area (Å²) in [7, 11) is 1.59. The van der Waals surface area contributed by atoms with Crippen molar-refractivity contribution in [3.8, 4) is 5.75 Å². The number of nitrogens with zero attached hydrogens (tertiary/aromatic N) is 1. The summed E-state index contributed by atoms with van der Waals surface area (Å²) in [5.74, 6) is 0.309. The molecule has 0 aliphatic carbocycles. The number of hydrogen-bond acceptors (Lipinski definition) is 3. The number of hydrogen-bond donors (Lipinski definition) is 1. The van der Waals surface area contributed by atoms with Crippen LogP contribution in [0.2, 0.25) is 0 Å². The Labute approximate surface area is 167 Å². The van der Waals surface area contributed by atoms with Gasteiger partial charge in [-0.25, -0.2) is 0 Å². The van der Waals surface area contributed by atoms with E-state index in [0.717, 1.165) is 12.0 Å². The van der Waals surface area contributed by atoms with Crippen LogP contribution in [-0.4, -0.2) is 43.0 Å². The second-order valence-corrected chi connectivity index (χ2v) is 6.65. The van der Waals surface area contributed by atoms with Crippen LogP contribution in [0, 0.1) is 0 Å². The quantitative estimate of drug-likeness (QED) is 0.686. The summed E-state index contributed by atoms with van der Waals surface area (Å²) in [6.45, 7) is 4.38. The van der Waals surface area contributed by atoms with Crippen LogP contribution in [0.4, 0.5) is 0 Å². The van der Waals surface area contributed by atoms with Gasteiger partial charge in [0.2, 0.25) is 5.91 Å². The van der Waals surface area contributed by atoms with E-state index in [9.17, 15) is 9.59 Å². The number of nitrogens with one attached hydrogen (secondary N) is 1. The van der Waals surface area contributed by atoms with Crippen molar-refractivity contribution in [1.29, 1.82) is 0 Å². The monoisotopic (exact) mass is 382 g/mol. The molecule has 0 saturated carbocycles. The van der Waals surface area contributed by atoms with E-state index in [1.807, 2.05) is 61.5 Å². The molecule has 1 N–H and O–H groups in total. The first-order chi connectivity index (χ1) is 13.6. The highest BCUT2D eigenvalue weighted by Crippen LogP contribution is 2.14. The van der Waals surface area contributed by atoms with E-state index in [0.29, 0.717) is 25.1 Å². The van der Waals surface area contributed by atoms with Crippen molar-refractivity contribution in [2.45, 2.75) is 39.2 Å². The van der Waals surface area contributed by atoms with E-state index < -0.39 is 6.04 Å². The molecule has 0 aliphatic rings. The van der Waals surface area contributed by atoms with Crippen LogP contribution in [0.3, 0.4) is 0 Å². The van der Waals surface area contributed by atoms with Gasteiger partial charge in [-0.3, -0.25) is 9.59 Å². The van der Waals surface area contributed by atoms with Gasteiger partial charge in [-0.05, 0) is 42.5 Å². The van der Waals surface area contributed by atoms with Gasteiger partial charge in [-0.15, -0.1) is 0 Å². The number of ether oxygens (including phenoxy) is 1. The Morgan fingerprint density at radius 1 is 1.00 bits per heavy atom. The van der Waals surface area contributed by atoms with Crippen LogP contribution in [0.15, 0.2) is 54.6 Å². The third-order valence-corrected chi connectivity index (χ3v) is 4.81. The van der Waals surface area contributed by atoms with Crippen molar-refractivity contribution in [1.82, 2.24) is 10.2 Å². The van der Waals surface area contributed by atoms with Crippen LogP contribution in [0.25, 0.3) is 0 Å². The third kappa shape index (κ3) is 6.12. The Kier molecular flexibility index (Phi) is 8.53. The molecule has 0 saturated heterocycles. The van der Waals surface area contributed by atoms with Crippen LogP contribution in [0.5, 0.6) is 5.75 Å². The topological polar surface area (TPSA) is 58.6 Å². The molecule has 0 heterocycles.